The second-order valence-corrected chi connectivity index (χ2v) is 6.54. The van der Waals surface area contributed by atoms with Gasteiger partial charge < -0.3 is 19.4 Å². The zero-order valence-corrected chi connectivity index (χ0v) is 13.3. The summed E-state index contributed by atoms with van der Waals surface area (Å²) in [5.74, 6) is 1.49. The maximum absolute atomic E-state index is 12.3. The summed E-state index contributed by atoms with van der Waals surface area (Å²) in [7, 11) is 0. The van der Waals surface area contributed by atoms with Gasteiger partial charge >= 0.3 is 0 Å². The number of carbonyl (C=O) groups excluding carboxylic acids is 1. The lowest BCUT2D eigenvalue weighted by molar-refractivity contribution is 0.0924. The molecule has 2 aliphatic heterocycles. The first-order valence-electron chi connectivity index (χ1n) is 7.72. The van der Waals surface area contributed by atoms with E-state index in [0.29, 0.717) is 28.2 Å². The number of fused-ring (bicyclic) bond motifs is 2. The lowest BCUT2D eigenvalue weighted by Gasteiger charge is -2.23. The van der Waals surface area contributed by atoms with E-state index in [9.17, 15) is 4.79 Å². The highest BCUT2D eigenvalue weighted by Gasteiger charge is 2.38. The van der Waals surface area contributed by atoms with Crippen molar-refractivity contribution in [2.75, 3.05) is 19.6 Å². The fourth-order valence-corrected chi connectivity index (χ4v) is 3.47. The van der Waals surface area contributed by atoms with E-state index in [1.807, 2.05) is 0 Å². The van der Waals surface area contributed by atoms with Crippen LogP contribution in [-0.4, -0.2) is 36.5 Å². The van der Waals surface area contributed by atoms with Crippen molar-refractivity contribution >= 4 is 17.5 Å². The average molecular weight is 333 g/mol. The van der Waals surface area contributed by atoms with Crippen LogP contribution in [0.2, 0.25) is 5.02 Å². The van der Waals surface area contributed by atoms with Crippen LogP contribution in [0, 0.1) is 5.92 Å². The van der Waals surface area contributed by atoms with Crippen LogP contribution in [0.4, 0.5) is 0 Å². The van der Waals surface area contributed by atoms with Crippen molar-refractivity contribution < 1.29 is 13.9 Å². The van der Waals surface area contributed by atoms with Crippen molar-refractivity contribution in [3.8, 4) is 11.7 Å². The fraction of sp³-hybridized carbons (Fsp3) is 0.353. The lowest BCUT2D eigenvalue weighted by Crippen LogP contribution is -2.43. The minimum atomic E-state index is -0.0312. The molecule has 0 spiro atoms. The zero-order valence-electron chi connectivity index (χ0n) is 12.5. The van der Waals surface area contributed by atoms with Gasteiger partial charge in [0.2, 0.25) is 0 Å². The summed E-state index contributed by atoms with van der Waals surface area (Å²) in [5.41, 5.74) is 0.632. The predicted molar refractivity (Wildman–Crippen MR) is 86.0 cm³/mol. The summed E-state index contributed by atoms with van der Waals surface area (Å²) in [6.45, 7) is 3.25. The van der Waals surface area contributed by atoms with Crippen molar-refractivity contribution in [3.05, 3.63) is 47.2 Å². The Kier molecular flexibility index (Phi) is 3.75. The average Bonchev–Trinajstić information content (AvgIpc) is 3.25. The number of hydrogen-bond donors (Lipinski definition) is 1. The molecule has 3 atom stereocenters. The fourth-order valence-electron chi connectivity index (χ4n) is 3.34. The largest absolute Gasteiger partial charge is 0.432 e. The van der Waals surface area contributed by atoms with E-state index in [2.05, 4.69) is 10.2 Å². The van der Waals surface area contributed by atoms with Crippen LogP contribution in [0.25, 0.3) is 0 Å². The number of carbonyl (C=O) groups is 1. The van der Waals surface area contributed by atoms with E-state index in [-0.39, 0.29) is 11.9 Å². The smallest absolute Gasteiger partial charge is 0.291 e. The molecule has 1 aromatic heterocycles. The molecule has 2 aliphatic rings. The van der Waals surface area contributed by atoms with E-state index in [1.54, 1.807) is 30.3 Å². The summed E-state index contributed by atoms with van der Waals surface area (Å²) in [5, 5.41) is 3.63. The number of rotatable bonds is 4. The molecule has 2 aromatic rings. The molecule has 23 heavy (non-hydrogen) atoms. The van der Waals surface area contributed by atoms with Gasteiger partial charge in [0.15, 0.2) is 0 Å². The first-order valence-corrected chi connectivity index (χ1v) is 8.10. The topological polar surface area (TPSA) is 54.7 Å². The van der Waals surface area contributed by atoms with Crippen molar-refractivity contribution in [3.63, 3.8) is 0 Å². The number of benzene rings is 1. The van der Waals surface area contributed by atoms with Gasteiger partial charge in [-0.05, 0) is 43.1 Å². The first kappa shape index (κ1) is 14.6. The normalized spacial score (nSPS) is 25.5. The molecule has 2 fully saturated rings. The minimum Gasteiger partial charge on any atom is -0.432 e. The molecule has 120 valence electrons. The summed E-state index contributed by atoms with van der Waals surface area (Å²) in [6.07, 6.45) is 2.59. The third kappa shape index (κ3) is 3.07. The number of ether oxygens (including phenoxy) is 1. The summed E-state index contributed by atoms with van der Waals surface area (Å²) in [4.78, 5) is 14.7. The maximum atomic E-state index is 12.3. The molecule has 0 aliphatic carbocycles. The number of hydrogen-bond acceptors (Lipinski definition) is 4. The van der Waals surface area contributed by atoms with E-state index in [1.165, 1.54) is 19.2 Å². The van der Waals surface area contributed by atoms with Crippen molar-refractivity contribution in [2.45, 2.75) is 12.5 Å². The number of piperidine rings is 1. The Bertz CT molecular complexity index is 713. The van der Waals surface area contributed by atoms with E-state index >= 15 is 0 Å². The SMILES string of the molecule is O=C(NC1CN2CCC1C2)c1ccc(Oc2cc(Cl)co2)cc1. The molecule has 3 unspecified atom stereocenters. The molecule has 2 bridgehead atoms. The molecule has 3 heterocycles. The molecule has 6 heteroatoms. The number of nitrogens with one attached hydrogen (secondary N) is 1. The van der Waals surface area contributed by atoms with Crippen LogP contribution in [0.15, 0.2) is 41.0 Å². The van der Waals surface area contributed by atoms with Crippen LogP contribution >= 0.6 is 11.6 Å². The first-order chi connectivity index (χ1) is 11.2. The number of amides is 1. The van der Waals surface area contributed by atoms with Crippen LogP contribution in [0.3, 0.4) is 0 Å². The van der Waals surface area contributed by atoms with Crippen LogP contribution in [-0.2, 0) is 0 Å². The Morgan fingerprint density at radius 3 is 2.74 bits per heavy atom. The third-order valence-electron chi connectivity index (χ3n) is 4.53. The predicted octanol–water partition coefficient (Wildman–Crippen LogP) is 3.16. The second kappa shape index (κ2) is 5.91. The highest BCUT2D eigenvalue weighted by Crippen LogP contribution is 2.28. The molecule has 4 rings (SSSR count). The standard InChI is InChI=1S/C17H17ClN2O3/c18-13-7-16(22-10-13)23-14-3-1-11(2-4-14)17(21)19-15-9-20-6-5-12(15)8-20/h1-4,7,10,12,15H,5-6,8-9H2,(H,19,21). The van der Waals surface area contributed by atoms with Crippen LogP contribution in [0.1, 0.15) is 16.8 Å². The van der Waals surface area contributed by atoms with E-state index < -0.39 is 0 Å². The molecule has 2 saturated heterocycles. The van der Waals surface area contributed by atoms with Gasteiger partial charge in [-0.2, -0.15) is 0 Å². The summed E-state index contributed by atoms with van der Waals surface area (Å²) < 4.78 is 10.6. The van der Waals surface area contributed by atoms with Gasteiger partial charge in [-0.25, -0.2) is 0 Å². The highest BCUT2D eigenvalue weighted by atomic mass is 35.5. The Balaban J connectivity index is 1.38. The third-order valence-corrected chi connectivity index (χ3v) is 4.73. The molecular formula is C17H17ClN2O3. The van der Waals surface area contributed by atoms with Crippen molar-refractivity contribution in [2.24, 2.45) is 5.92 Å². The Morgan fingerprint density at radius 2 is 2.13 bits per heavy atom. The molecule has 1 N–H and O–H groups in total. The zero-order chi connectivity index (χ0) is 15.8. The quantitative estimate of drug-likeness (QED) is 0.934. The second-order valence-electron chi connectivity index (χ2n) is 6.10. The molecule has 0 saturated carbocycles. The lowest BCUT2D eigenvalue weighted by atomic mass is 9.99. The van der Waals surface area contributed by atoms with Gasteiger partial charge in [0.25, 0.3) is 11.9 Å². The van der Waals surface area contributed by atoms with E-state index in [0.717, 1.165) is 13.1 Å². The van der Waals surface area contributed by atoms with Gasteiger partial charge in [-0.3, -0.25) is 4.79 Å². The summed E-state index contributed by atoms with van der Waals surface area (Å²) in [6, 6.07) is 8.86. The minimum absolute atomic E-state index is 0.0312. The van der Waals surface area contributed by atoms with Gasteiger partial charge in [-0.15, -0.1) is 0 Å². The molecule has 5 nitrogen and oxygen atoms in total. The van der Waals surface area contributed by atoms with Gasteiger partial charge in [0, 0.05) is 30.8 Å². The number of nitrogens with zero attached hydrogens (tertiary/aromatic N) is 1. The monoisotopic (exact) mass is 332 g/mol. The van der Waals surface area contributed by atoms with E-state index in [4.69, 9.17) is 20.8 Å². The van der Waals surface area contributed by atoms with Gasteiger partial charge in [0.1, 0.15) is 12.0 Å². The number of halogens is 1. The van der Waals surface area contributed by atoms with Gasteiger partial charge in [0.05, 0.1) is 5.02 Å². The molecule has 1 amide bonds. The van der Waals surface area contributed by atoms with Crippen molar-refractivity contribution in [1.29, 1.82) is 0 Å². The number of furan rings is 1. The van der Waals surface area contributed by atoms with Crippen LogP contribution < -0.4 is 10.1 Å². The van der Waals surface area contributed by atoms with Gasteiger partial charge in [-0.1, -0.05) is 11.6 Å². The van der Waals surface area contributed by atoms with Crippen LogP contribution in [0.5, 0.6) is 11.7 Å². The molecular weight excluding hydrogens is 316 g/mol. The Hall–Kier alpha value is -1.98. The maximum Gasteiger partial charge on any atom is 0.291 e. The Morgan fingerprint density at radius 1 is 1.30 bits per heavy atom. The van der Waals surface area contributed by atoms with Crippen molar-refractivity contribution in [1.82, 2.24) is 10.2 Å². The summed E-state index contributed by atoms with van der Waals surface area (Å²) >= 11 is 5.77. The molecule has 0 radical (unpaired) electrons. The molecule has 1 aromatic carbocycles. The Labute approximate surface area is 139 Å². The highest BCUT2D eigenvalue weighted by molar-refractivity contribution is 6.30.